The summed E-state index contributed by atoms with van der Waals surface area (Å²) in [5.74, 6) is -0.766. The van der Waals surface area contributed by atoms with Gasteiger partial charge in [-0.2, -0.15) is 27.3 Å². The maximum absolute atomic E-state index is 13.9. The van der Waals surface area contributed by atoms with Crippen LogP contribution in [0.25, 0.3) is 10.9 Å². The van der Waals surface area contributed by atoms with Crippen molar-refractivity contribution in [3.63, 3.8) is 0 Å². The van der Waals surface area contributed by atoms with Gasteiger partial charge in [0.15, 0.2) is 0 Å². The highest BCUT2D eigenvalue weighted by Gasteiger charge is 2.48. The molecule has 1 heterocycles. The third kappa shape index (κ3) is 3.87. The molecule has 0 aliphatic rings. The van der Waals surface area contributed by atoms with Crippen LogP contribution in [0.1, 0.15) is 18.5 Å². The number of rotatable bonds is 5. The predicted molar refractivity (Wildman–Crippen MR) is 97.9 cm³/mol. The lowest BCUT2D eigenvalue weighted by Crippen LogP contribution is -2.42. The molecule has 160 valence electrons. The molecule has 1 aromatic heterocycles. The summed E-state index contributed by atoms with van der Waals surface area (Å²) >= 11 is 0. The summed E-state index contributed by atoms with van der Waals surface area (Å²) in [7, 11) is -4.72. The van der Waals surface area contributed by atoms with Gasteiger partial charge in [0, 0.05) is 11.9 Å². The van der Waals surface area contributed by atoms with Crippen molar-refractivity contribution < 1.29 is 35.9 Å². The predicted octanol–water partition coefficient (Wildman–Crippen LogP) is 4.02. The molecule has 0 radical (unpaired) electrons. The maximum Gasteiger partial charge on any atom is 0.432 e. The first kappa shape index (κ1) is 21.7. The molecule has 0 saturated carbocycles. The molecule has 0 bridgehead atoms. The number of alkyl halides is 3. The summed E-state index contributed by atoms with van der Waals surface area (Å²) < 4.78 is 81.8. The molecular formula is C18H15F4N3O4S. The lowest BCUT2D eigenvalue weighted by molar-refractivity contribution is -0.173. The molecule has 0 aliphatic heterocycles. The van der Waals surface area contributed by atoms with Gasteiger partial charge in [0.2, 0.25) is 10.0 Å². The number of hydrogen-bond acceptors (Lipinski definition) is 4. The second-order valence-corrected chi connectivity index (χ2v) is 8.15. The number of aromatic nitrogens is 2. The van der Waals surface area contributed by atoms with E-state index < -0.39 is 51.2 Å². The van der Waals surface area contributed by atoms with Gasteiger partial charge in [0.1, 0.15) is 11.9 Å². The highest BCUT2D eigenvalue weighted by Crippen LogP contribution is 2.40. The van der Waals surface area contributed by atoms with Gasteiger partial charge < -0.3 is 5.11 Å². The average Bonchev–Trinajstić information content (AvgIpc) is 3.09. The Bertz CT molecular complexity index is 1190. The lowest BCUT2D eigenvalue weighted by Gasteiger charge is -2.31. The van der Waals surface area contributed by atoms with Crippen LogP contribution in [0.15, 0.2) is 53.6 Å². The Morgan fingerprint density at radius 2 is 1.83 bits per heavy atom. The van der Waals surface area contributed by atoms with Crippen LogP contribution in [-0.2, 0) is 10.0 Å². The van der Waals surface area contributed by atoms with Crippen LogP contribution in [0.4, 0.5) is 22.4 Å². The molecule has 1 unspecified atom stereocenters. The molecule has 12 heteroatoms. The zero-order chi connectivity index (χ0) is 22.3. The normalized spacial score (nSPS) is 13.7. The Kier molecular flexibility index (Phi) is 5.56. The number of sulfonamides is 1. The van der Waals surface area contributed by atoms with Gasteiger partial charge in [-0.3, -0.25) is 0 Å². The molecule has 1 atom stereocenters. The van der Waals surface area contributed by atoms with E-state index in [1.165, 1.54) is 19.2 Å². The molecule has 0 fully saturated rings. The second kappa shape index (κ2) is 7.69. The van der Waals surface area contributed by atoms with E-state index in [2.05, 4.69) is 5.10 Å². The number of nitrogens with zero attached hydrogens (tertiary/aromatic N) is 3. The molecule has 0 amide bonds. The molecule has 3 rings (SSSR count). The fraction of sp³-hybridized carbons (Fsp3) is 0.222. The summed E-state index contributed by atoms with van der Waals surface area (Å²) in [6, 6.07) is 4.08. The molecule has 1 N–H and O–H groups in total. The SMILES string of the molecule is CCN(C(c1ccc(F)cc1)C(F)(F)F)S(=O)(=O)c1ccc2cnn(C(=O)O)c2c1. The van der Waals surface area contributed by atoms with E-state index in [9.17, 15) is 30.8 Å². The quantitative estimate of drug-likeness (QED) is 0.599. The van der Waals surface area contributed by atoms with E-state index in [4.69, 9.17) is 5.11 Å². The third-order valence-corrected chi connectivity index (χ3v) is 6.36. The summed E-state index contributed by atoms with van der Waals surface area (Å²) in [6.45, 7) is 0.694. The Labute approximate surface area is 168 Å². The van der Waals surface area contributed by atoms with Gasteiger partial charge >= 0.3 is 12.3 Å². The van der Waals surface area contributed by atoms with Crippen LogP contribution in [0, 0.1) is 5.82 Å². The molecular weight excluding hydrogens is 430 g/mol. The molecule has 0 aliphatic carbocycles. The zero-order valence-electron chi connectivity index (χ0n) is 15.3. The Morgan fingerprint density at radius 3 is 2.37 bits per heavy atom. The summed E-state index contributed by atoms with van der Waals surface area (Å²) in [4.78, 5) is 10.7. The first-order chi connectivity index (χ1) is 14.0. The van der Waals surface area contributed by atoms with Crippen LogP contribution in [0.2, 0.25) is 0 Å². The van der Waals surface area contributed by atoms with Crippen LogP contribution >= 0.6 is 0 Å². The largest absolute Gasteiger partial charge is 0.463 e. The minimum atomic E-state index is -4.99. The van der Waals surface area contributed by atoms with Crippen molar-refractivity contribution in [2.45, 2.75) is 24.0 Å². The maximum atomic E-state index is 13.9. The minimum Gasteiger partial charge on any atom is -0.463 e. The minimum absolute atomic E-state index is 0.0926. The van der Waals surface area contributed by atoms with Gasteiger partial charge in [0.05, 0.1) is 16.6 Å². The third-order valence-electron chi connectivity index (χ3n) is 4.43. The first-order valence-electron chi connectivity index (χ1n) is 8.52. The zero-order valence-corrected chi connectivity index (χ0v) is 16.2. The van der Waals surface area contributed by atoms with Gasteiger partial charge in [-0.1, -0.05) is 19.1 Å². The smallest absolute Gasteiger partial charge is 0.432 e. The van der Waals surface area contributed by atoms with Crippen molar-refractivity contribution in [3.8, 4) is 0 Å². The summed E-state index contributed by atoms with van der Waals surface area (Å²) in [5, 5.41) is 13.1. The fourth-order valence-corrected chi connectivity index (χ4v) is 4.73. The molecule has 2 aromatic carbocycles. The molecule has 0 spiro atoms. The van der Waals surface area contributed by atoms with Crippen LogP contribution in [0.5, 0.6) is 0 Å². The van der Waals surface area contributed by atoms with Crippen LogP contribution < -0.4 is 0 Å². The Morgan fingerprint density at radius 1 is 1.20 bits per heavy atom. The van der Waals surface area contributed by atoms with Gasteiger partial charge in [0.25, 0.3) is 0 Å². The van der Waals surface area contributed by atoms with Gasteiger partial charge in [-0.25, -0.2) is 17.6 Å². The topological polar surface area (TPSA) is 92.5 Å². The molecule has 0 saturated heterocycles. The molecule has 7 nitrogen and oxygen atoms in total. The number of fused-ring (bicyclic) bond motifs is 1. The highest BCUT2D eigenvalue weighted by molar-refractivity contribution is 7.89. The van der Waals surface area contributed by atoms with E-state index in [0.717, 1.165) is 36.4 Å². The lowest BCUT2D eigenvalue weighted by atomic mass is 10.1. The standard InChI is InChI=1S/C18H15F4N3O4S/c1-2-24(16(18(20,21)22)11-3-6-13(19)7-4-11)30(28,29)14-8-5-12-10-23-25(17(26)27)15(12)9-14/h3-10,16H,2H2,1H3,(H,26,27). The summed E-state index contributed by atoms with van der Waals surface area (Å²) in [6.07, 6.45) is -5.28. The van der Waals surface area contributed by atoms with E-state index in [1.54, 1.807) is 0 Å². The van der Waals surface area contributed by atoms with E-state index >= 15 is 0 Å². The van der Waals surface area contributed by atoms with E-state index in [1.807, 2.05) is 0 Å². The van der Waals surface area contributed by atoms with Crippen molar-refractivity contribution >= 4 is 27.0 Å². The first-order valence-corrected chi connectivity index (χ1v) is 9.96. The Balaban J connectivity index is 2.15. The van der Waals surface area contributed by atoms with E-state index in [0.29, 0.717) is 10.1 Å². The fourth-order valence-electron chi connectivity index (χ4n) is 3.10. The van der Waals surface area contributed by atoms with E-state index in [-0.39, 0.29) is 9.82 Å². The average molecular weight is 445 g/mol. The van der Waals surface area contributed by atoms with Crippen molar-refractivity contribution in [3.05, 3.63) is 60.0 Å². The number of carbonyl (C=O) groups is 1. The molecule has 3 aromatic rings. The van der Waals surface area contributed by atoms with Gasteiger partial charge in [-0.15, -0.1) is 0 Å². The number of benzene rings is 2. The van der Waals surface area contributed by atoms with Crippen LogP contribution in [0.3, 0.4) is 0 Å². The van der Waals surface area contributed by atoms with Crippen molar-refractivity contribution in [2.24, 2.45) is 0 Å². The number of halogens is 4. The summed E-state index contributed by atoms with van der Waals surface area (Å²) in [5.41, 5.74) is -0.545. The van der Waals surface area contributed by atoms with Crippen molar-refractivity contribution in [1.29, 1.82) is 0 Å². The van der Waals surface area contributed by atoms with Crippen molar-refractivity contribution in [1.82, 2.24) is 14.1 Å². The molecule has 30 heavy (non-hydrogen) atoms. The number of hydrogen-bond donors (Lipinski definition) is 1. The monoisotopic (exact) mass is 445 g/mol. The Hall–Kier alpha value is -2.99. The highest BCUT2D eigenvalue weighted by atomic mass is 32.2. The van der Waals surface area contributed by atoms with Gasteiger partial charge in [-0.05, 0) is 35.9 Å². The second-order valence-electron chi connectivity index (χ2n) is 6.26. The van der Waals surface area contributed by atoms with Crippen LogP contribution in [-0.4, -0.2) is 46.4 Å². The van der Waals surface area contributed by atoms with Crippen molar-refractivity contribution in [2.75, 3.05) is 6.54 Å². The number of carboxylic acid groups (broad SMARTS) is 1.